The van der Waals surface area contributed by atoms with Gasteiger partial charge in [0, 0.05) is 0 Å². The Hall–Kier alpha value is -0.530. The number of hydrogen-bond acceptors (Lipinski definition) is 2. The van der Waals surface area contributed by atoms with E-state index in [9.17, 15) is 4.79 Å². The lowest BCUT2D eigenvalue weighted by Gasteiger charge is -2.38. The lowest BCUT2D eigenvalue weighted by atomic mass is 9.70. The number of fused-ring (bicyclic) bond motifs is 5. The van der Waals surface area contributed by atoms with Crippen molar-refractivity contribution < 1.29 is 9.53 Å². The van der Waals surface area contributed by atoms with Gasteiger partial charge in [-0.2, -0.15) is 0 Å². The Morgan fingerprint density at radius 2 is 1.62 bits per heavy atom. The smallest absolute Gasteiger partial charge is 0.309 e. The molecule has 0 saturated heterocycles. The molecule has 7 unspecified atom stereocenters. The summed E-state index contributed by atoms with van der Waals surface area (Å²) < 4.78 is 6.15. The van der Waals surface area contributed by atoms with Crippen molar-refractivity contribution in [1.82, 2.24) is 0 Å². The van der Waals surface area contributed by atoms with E-state index in [1.54, 1.807) is 0 Å². The summed E-state index contributed by atoms with van der Waals surface area (Å²) in [5, 5.41) is 0. The van der Waals surface area contributed by atoms with Gasteiger partial charge in [0.15, 0.2) is 0 Å². The van der Waals surface area contributed by atoms with Crippen molar-refractivity contribution in [3.8, 4) is 0 Å². The first-order valence-electron chi connectivity index (χ1n) is 10.8. The topological polar surface area (TPSA) is 26.3 Å². The average molecular weight is 333 g/mol. The number of esters is 1. The largest absolute Gasteiger partial charge is 0.459 e. The lowest BCUT2D eigenvalue weighted by molar-refractivity contribution is -0.169. The maximum atomic E-state index is 13.0. The molecule has 0 aromatic heterocycles. The van der Waals surface area contributed by atoms with E-state index < -0.39 is 0 Å². The van der Waals surface area contributed by atoms with E-state index in [0.717, 1.165) is 48.9 Å². The summed E-state index contributed by atoms with van der Waals surface area (Å²) >= 11 is 0. The van der Waals surface area contributed by atoms with Gasteiger partial charge in [-0.15, -0.1) is 0 Å². The zero-order valence-electron chi connectivity index (χ0n) is 15.9. The number of carbonyl (C=O) groups is 1. The van der Waals surface area contributed by atoms with Crippen molar-refractivity contribution in [2.75, 3.05) is 0 Å². The summed E-state index contributed by atoms with van der Waals surface area (Å²) in [5.74, 6) is 5.41. The van der Waals surface area contributed by atoms with Crippen molar-refractivity contribution in [3.63, 3.8) is 0 Å². The van der Waals surface area contributed by atoms with E-state index in [-0.39, 0.29) is 17.5 Å². The molecule has 0 radical (unpaired) electrons. The average Bonchev–Trinajstić information content (AvgIpc) is 3.25. The molecule has 0 aromatic carbocycles. The van der Waals surface area contributed by atoms with Crippen molar-refractivity contribution in [2.45, 2.75) is 90.6 Å². The fourth-order valence-corrected chi connectivity index (χ4v) is 7.39. The van der Waals surface area contributed by atoms with Crippen molar-refractivity contribution in [2.24, 2.45) is 41.4 Å². The molecule has 7 atom stereocenters. The maximum Gasteiger partial charge on any atom is 0.309 e. The Bertz CT molecular complexity index is 478. The molecule has 136 valence electrons. The molecule has 4 saturated carbocycles. The fourth-order valence-electron chi connectivity index (χ4n) is 7.39. The van der Waals surface area contributed by atoms with E-state index in [0.29, 0.717) is 5.92 Å². The molecular weight excluding hydrogens is 296 g/mol. The molecule has 0 aromatic rings. The Morgan fingerprint density at radius 3 is 2.29 bits per heavy atom. The second-order valence-electron chi connectivity index (χ2n) is 9.66. The number of rotatable bonds is 4. The van der Waals surface area contributed by atoms with Gasteiger partial charge >= 0.3 is 5.97 Å². The van der Waals surface area contributed by atoms with Gasteiger partial charge in [0.1, 0.15) is 5.60 Å². The van der Waals surface area contributed by atoms with E-state index in [2.05, 4.69) is 20.8 Å². The number of hydrogen-bond donors (Lipinski definition) is 0. The zero-order chi connectivity index (χ0) is 16.9. The van der Waals surface area contributed by atoms with Gasteiger partial charge < -0.3 is 4.74 Å². The third-order valence-corrected chi connectivity index (χ3v) is 8.44. The Labute approximate surface area is 148 Å². The Balaban J connectivity index is 1.46. The highest BCUT2D eigenvalue weighted by Gasteiger charge is 2.61. The van der Waals surface area contributed by atoms with Crippen molar-refractivity contribution in [3.05, 3.63) is 0 Å². The second-order valence-corrected chi connectivity index (χ2v) is 9.66. The number of carbonyl (C=O) groups excluding carboxylic acids is 1. The number of ether oxygens (including phenoxy) is 1. The van der Waals surface area contributed by atoms with Crippen LogP contribution >= 0.6 is 0 Å². The van der Waals surface area contributed by atoms with Gasteiger partial charge in [-0.1, -0.05) is 33.1 Å². The highest BCUT2D eigenvalue weighted by Crippen LogP contribution is 2.65. The summed E-state index contributed by atoms with van der Waals surface area (Å²) in [5.41, 5.74) is -0.164. The van der Waals surface area contributed by atoms with Gasteiger partial charge in [0.25, 0.3) is 0 Å². The van der Waals surface area contributed by atoms with Crippen LogP contribution in [-0.2, 0) is 9.53 Å². The SMILES string of the molecule is CCC1CC(CC)C2C3CC(CC3C(=O)OC3(C)CCCCC3)C12. The Morgan fingerprint density at radius 1 is 0.958 bits per heavy atom. The van der Waals surface area contributed by atoms with E-state index in [1.165, 1.54) is 44.9 Å². The standard InChI is InChI=1S/C22H36O2/c1-4-14-11-15(5-2)20-17-12-16(19(14)20)13-18(17)21(23)24-22(3)9-7-6-8-10-22/h14-20H,4-13H2,1-3H3. The monoisotopic (exact) mass is 332 g/mol. The molecule has 4 rings (SSSR count). The minimum atomic E-state index is -0.164. The molecule has 0 amide bonds. The Kier molecular flexibility index (Phi) is 4.46. The first-order chi connectivity index (χ1) is 11.6. The van der Waals surface area contributed by atoms with Gasteiger partial charge in [-0.3, -0.25) is 4.79 Å². The molecule has 2 bridgehead atoms. The van der Waals surface area contributed by atoms with Gasteiger partial charge in [-0.05, 0) is 87.4 Å². The van der Waals surface area contributed by atoms with Crippen LogP contribution in [0.25, 0.3) is 0 Å². The predicted molar refractivity (Wildman–Crippen MR) is 96.4 cm³/mol. The molecule has 0 aliphatic heterocycles. The van der Waals surface area contributed by atoms with Crippen molar-refractivity contribution in [1.29, 1.82) is 0 Å². The minimum Gasteiger partial charge on any atom is -0.459 e. The molecule has 24 heavy (non-hydrogen) atoms. The van der Waals surface area contributed by atoms with Crippen LogP contribution in [0.15, 0.2) is 0 Å². The first-order valence-corrected chi connectivity index (χ1v) is 10.8. The van der Waals surface area contributed by atoms with E-state index in [4.69, 9.17) is 4.74 Å². The second kappa shape index (κ2) is 6.32. The van der Waals surface area contributed by atoms with Crippen LogP contribution < -0.4 is 0 Å². The van der Waals surface area contributed by atoms with Crippen LogP contribution in [0.5, 0.6) is 0 Å². The van der Waals surface area contributed by atoms with Gasteiger partial charge in [0.05, 0.1) is 5.92 Å². The molecule has 0 N–H and O–H groups in total. The molecule has 4 aliphatic rings. The fraction of sp³-hybridized carbons (Fsp3) is 0.955. The van der Waals surface area contributed by atoms with Gasteiger partial charge in [0.2, 0.25) is 0 Å². The zero-order valence-corrected chi connectivity index (χ0v) is 15.9. The molecular formula is C22H36O2. The summed E-state index contributed by atoms with van der Waals surface area (Å²) in [6, 6.07) is 0. The normalized spacial score (nSPS) is 46.0. The van der Waals surface area contributed by atoms with Crippen LogP contribution in [0.1, 0.15) is 85.0 Å². The quantitative estimate of drug-likeness (QED) is 0.627. The molecule has 4 aliphatic carbocycles. The van der Waals surface area contributed by atoms with Crippen LogP contribution in [0.4, 0.5) is 0 Å². The van der Waals surface area contributed by atoms with E-state index >= 15 is 0 Å². The molecule has 0 heterocycles. The molecule has 0 spiro atoms. The molecule has 4 fully saturated rings. The highest BCUT2D eigenvalue weighted by atomic mass is 16.6. The van der Waals surface area contributed by atoms with Crippen LogP contribution in [0.2, 0.25) is 0 Å². The third kappa shape index (κ3) is 2.63. The van der Waals surface area contributed by atoms with Crippen LogP contribution in [-0.4, -0.2) is 11.6 Å². The summed E-state index contributed by atoms with van der Waals surface area (Å²) in [6.45, 7) is 6.92. The molecule has 2 heteroatoms. The van der Waals surface area contributed by atoms with Gasteiger partial charge in [-0.25, -0.2) is 0 Å². The predicted octanol–water partition coefficient (Wildman–Crippen LogP) is 5.60. The third-order valence-electron chi connectivity index (χ3n) is 8.44. The summed E-state index contributed by atoms with van der Waals surface area (Å²) in [4.78, 5) is 13.0. The van der Waals surface area contributed by atoms with Crippen LogP contribution in [0, 0.1) is 41.4 Å². The summed E-state index contributed by atoms with van der Waals surface area (Å²) in [6.07, 6.45) is 12.4. The van der Waals surface area contributed by atoms with Crippen LogP contribution in [0.3, 0.4) is 0 Å². The van der Waals surface area contributed by atoms with Crippen molar-refractivity contribution >= 4 is 5.97 Å². The maximum absolute atomic E-state index is 13.0. The van der Waals surface area contributed by atoms with E-state index in [1.807, 2.05) is 0 Å². The summed E-state index contributed by atoms with van der Waals surface area (Å²) in [7, 11) is 0. The highest BCUT2D eigenvalue weighted by molar-refractivity contribution is 5.74. The lowest BCUT2D eigenvalue weighted by Crippen LogP contribution is -2.40. The minimum absolute atomic E-state index is 0.164. The first kappa shape index (κ1) is 16.9. The molecule has 2 nitrogen and oxygen atoms in total.